The molecular formula is C25H20N4O4. The molecule has 0 bridgehead atoms. The molecule has 4 rings (SSSR count). The number of hydrogen-bond donors (Lipinski definition) is 2. The molecule has 0 amide bonds. The lowest BCUT2D eigenvalue weighted by atomic mass is 9.99. The van der Waals surface area contributed by atoms with Gasteiger partial charge >= 0.3 is 11.9 Å². The number of carboxylic acid groups (broad SMARTS) is 1. The SMILES string of the molecule is COC(=O)c1c(N)c(C#N)cn1-c1cccc(-c2cc(C(=O)O)c3cc(C)cc(C)c3n2)c1. The molecule has 0 aliphatic carbocycles. The van der Waals surface area contributed by atoms with Crippen molar-refractivity contribution in [3.8, 4) is 23.0 Å². The van der Waals surface area contributed by atoms with Crippen LogP contribution in [0.2, 0.25) is 0 Å². The van der Waals surface area contributed by atoms with Gasteiger partial charge < -0.3 is 20.1 Å². The quantitative estimate of drug-likeness (QED) is 0.454. The predicted molar refractivity (Wildman–Crippen MR) is 123 cm³/mol. The number of nitrogens with two attached hydrogens (primary N) is 1. The zero-order valence-electron chi connectivity index (χ0n) is 18.2. The number of esters is 1. The third-order valence-electron chi connectivity index (χ3n) is 5.44. The molecule has 0 spiro atoms. The zero-order valence-corrected chi connectivity index (χ0v) is 18.2. The molecular weight excluding hydrogens is 420 g/mol. The number of rotatable bonds is 4. The van der Waals surface area contributed by atoms with E-state index in [-0.39, 0.29) is 22.5 Å². The summed E-state index contributed by atoms with van der Waals surface area (Å²) in [6, 6.07) is 14.3. The molecule has 2 aromatic heterocycles. The fourth-order valence-corrected chi connectivity index (χ4v) is 3.94. The van der Waals surface area contributed by atoms with Crippen molar-refractivity contribution in [1.82, 2.24) is 9.55 Å². The Morgan fingerprint density at radius 3 is 2.61 bits per heavy atom. The molecule has 3 N–H and O–H groups in total. The van der Waals surface area contributed by atoms with Crippen LogP contribution in [0, 0.1) is 25.2 Å². The molecule has 0 radical (unpaired) electrons. The van der Waals surface area contributed by atoms with Crippen LogP contribution in [0.1, 0.15) is 37.5 Å². The van der Waals surface area contributed by atoms with Crippen LogP contribution in [0.4, 0.5) is 5.69 Å². The summed E-state index contributed by atoms with van der Waals surface area (Å²) < 4.78 is 6.32. The third-order valence-corrected chi connectivity index (χ3v) is 5.44. The summed E-state index contributed by atoms with van der Waals surface area (Å²) in [5.41, 5.74) is 10.4. The summed E-state index contributed by atoms with van der Waals surface area (Å²) in [7, 11) is 1.23. The molecule has 33 heavy (non-hydrogen) atoms. The van der Waals surface area contributed by atoms with Crippen molar-refractivity contribution in [3.63, 3.8) is 0 Å². The first-order valence-corrected chi connectivity index (χ1v) is 10.0. The van der Waals surface area contributed by atoms with E-state index in [2.05, 4.69) is 0 Å². The molecule has 8 nitrogen and oxygen atoms in total. The van der Waals surface area contributed by atoms with Gasteiger partial charge in [-0.15, -0.1) is 0 Å². The number of carboxylic acids is 1. The van der Waals surface area contributed by atoms with Crippen LogP contribution >= 0.6 is 0 Å². The Labute approximate surface area is 189 Å². The molecule has 0 fully saturated rings. The maximum atomic E-state index is 12.3. The van der Waals surface area contributed by atoms with Gasteiger partial charge in [0.25, 0.3) is 0 Å². The van der Waals surface area contributed by atoms with Gasteiger partial charge in [-0.2, -0.15) is 5.26 Å². The number of pyridine rings is 1. The number of nitrogens with zero attached hydrogens (tertiary/aromatic N) is 3. The van der Waals surface area contributed by atoms with Gasteiger partial charge in [0.05, 0.1) is 35.1 Å². The lowest BCUT2D eigenvalue weighted by Crippen LogP contribution is -2.11. The summed E-state index contributed by atoms with van der Waals surface area (Å²) in [5, 5.41) is 19.8. The number of anilines is 1. The Morgan fingerprint density at radius 1 is 1.18 bits per heavy atom. The normalized spacial score (nSPS) is 10.7. The monoisotopic (exact) mass is 440 g/mol. The number of hydrogen-bond acceptors (Lipinski definition) is 6. The van der Waals surface area contributed by atoms with E-state index in [0.29, 0.717) is 27.8 Å². The number of carbonyl (C=O) groups excluding carboxylic acids is 1. The molecule has 2 heterocycles. The topological polar surface area (TPSA) is 131 Å². The summed E-state index contributed by atoms with van der Waals surface area (Å²) in [6.07, 6.45) is 1.46. The number of aromatic nitrogens is 2. The second-order valence-corrected chi connectivity index (χ2v) is 7.67. The molecule has 0 aliphatic rings. The number of carbonyl (C=O) groups is 2. The van der Waals surface area contributed by atoms with Gasteiger partial charge in [-0.1, -0.05) is 23.8 Å². The number of methoxy groups -OCH3 is 1. The van der Waals surface area contributed by atoms with Gasteiger partial charge in [-0.05, 0) is 43.7 Å². The van der Waals surface area contributed by atoms with E-state index >= 15 is 0 Å². The molecule has 0 saturated carbocycles. The Morgan fingerprint density at radius 2 is 1.94 bits per heavy atom. The number of aromatic carboxylic acids is 1. The van der Waals surface area contributed by atoms with Crippen molar-refractivity contribution < 1.29 is 19.4 Å². The van der Waals surface area contributed by atoms with Crippen molar-refractivity contribution in [2.75, 3.05) is 12.8 Å². The second kappa shape index (κ2) is 8.13. The number of benzene rings is 2. The third kappa shape index (κ3) is 3.66. The summed E-state index contributed by atoms with van der Waals surface area (Å²) in [6.45, 7) is 3.80. The number of nitriles is 1. The predicted octanol–water partition coefficient (Wildman–Crippen LogP) is 4.25. The van der Waals surface area contributed by atoms with E-state index in [1.807, 2.05) is 32.0 Å². The van der Waals surface area contributed by atoms with Gasteiger partial charge in [-0.3, -0.25) is 0 Å². The highest BCUT2D eigenvalue weighted by Gasteiger charge is 2.22. The van der Waals surface area contributed by atoms with Crippen LogP contribution in [0.25, 0.3) is 27.8 Å². The first-order chi connectivity index (χ1) is 15.7. The van der Waals surface area contributed by atoms with Crippen LogP contribution in [0.5, 0.6) is 0 Å². The van der Waals surface area contributed by atoms with Crippen molar-refractivity contribution >= 4 is 28.5 Å². The lowest BCUT2D eigenvalue weighted by Gasteiger charge is -2.12. The van der Waals surface area contributed by atoms with Crippen molar-refractivity contribution in [3.05, 3.63) is 76.6 Å². The van der Waals surface area contributed by atoms with Crippen molar-refractivity contribution in [1.29, 1.82) is 5.26 Å². The van der Waals surface area contributed by atoms with Gasteiger partial charge in [0.2, 0.25) is 0 Å². The average Bonchev–Trinajstić information content (AvgIpc) is 3.14. The van der Waals surface area contributed by atoms with E-state index in [1.165, 1.54) is 23.9 Å². The standard InChI is InChI=1S/C25H20N4O4/c1-13-7-14(2)22-18(8-13)19(24(30)31)10-20(28-22)15-5-4-6-17(9-15)29-12-16(11-26)21(27)23(29)25(32)33-3/h4-10,12H,27H2,1-3H3,(H,30,31). The van der Waals surface area contributed by atoms with Crippen LogP contribution in [0.3, 0.4) is 0 Å². The smallest absolute Gasteiger partial charge is 0.357 e. The number of ether oxygens (including phenoxy) is 1. The first kappa shape index (κ1) is 21.6. The van der Waals surface area contributed by atoms with Gasteiger partial charge in [0.1, 0.15) is 6.07 Å². The molecule has 0 saturated heterocycles. The van der Waals surface area contributed by atoms with E-state index in [1.54, 1.807) is 24.3 Å². The fraction of sp³-hybridized carbons (Fsp3) is 0.120. The molecule has 0 atom stereocenters. The van der Waals surface area contributed by atoms with Crippen LogP contribution in [-0.2, 0) is 4.74 Å². The fourth-order valence-electron chi connectivity index (χ4n) is 3.94. The van der Waals surface area contributed by atoms with Crippen LogP contribution < -0.4 is 5.73 Å². The van der Waals surface area contributed by atoms with E-state index in [9.17, 15) is 20.0 Å². The molecule has 0 aliphatic heterocycles. The summed E-state index contributed by atoms with van der Waals surface area (Å²) in [4.78, 5) is 29.1. The summed E-state index contributed by atoms with van der Waals surface area (Å²) in [5.74, 6) is -1.72. The Bertz CT molecular complexity index is 1490. The average molecular weight is 440 g/mol. The molecule has 164 valence electrons. The number of aryl methyl sites for hydroxylation is 2. The van der Waals surface area contributed by atoms with Crippen LogP contribution in [-0.4, -0.2) is 33.7 Å². The van der Waals surface area contributed by atoms with Crippen molar-refractivity contribution in [2.24, 2.45) is 0 Å². The number of nitrogen functional groups attached to an aromatic ring is 1. The Hall–Kier alpha value is -4.64. The Kier molecular flexibility index (Phi) is 5.32. The van der Waals surface area contributed by atoms with Gasteiger partial charge in [0, 0.05) is 22.8 Å². The molecule has 0 unspecified atom stereocenters. The van der Waals surface area contributed by atoms with Crippen LogP contribution in [0.15, 0.2) is 48.7 Å². The largest absolute Gasteiger partial charge is 0.478 e. The highest BCUT2D eigenvalue weighted by molar-refractivity contribution is 6.04. The lowest BCUT2D eigenvalue weighted by molar-refractivity contribution is 0.0592. The maximum absolute atomic E-state index is 12.3. The highest BCUT2D eigenvalue weighted by atomic mass is 16.5. The van der Waals surface area contributed by atoms with Gasteiger partial charge in [0.15, 0.2) is 5.69 Å². The summed E-state index contributed by atoms with van der Waals surface area (Å²) >= 11 is 0. The first-order valence-electron chi connectivity index (χ1n) is 10.0. The molecule has 8 heteroatoms. The number of fused-ring (bicyclic) bond motifs is 1. The minimum Gasteiger partial charge on any atom is -0.478 e. The van der Waals surface area contributed by atoms with E-state index in [0.717, 1.165) is 11.1 Å². The zero-order chi connectivity index (χ0) is 23.9. The van der Waals surface area contributed by atoms with Gasteiger partial charge in [-0.25, -0.2) is 14.6 Å². The molecule has 2 aromatic carbocycles. The Balaban J connectivity index is 1.94. The van der Waals surface area contributed by atoms with E-state index in [4.69, 9.17) is 15.5 Å². The minimum absolute atomic E-state index is 0.0257. The molecule has 4 aromatic rings. The van der Waals surface area contributed by atoms with E-state index < -0.39 is 11.9 Å². The second-order valence-electron chi connectivity index (χ2n) is 7.67. The highest BCUT2D eigenvalue weighted by Crippen LogP contribution is 2.30. The van der Waals surface area contributed by atoms with Crippen molar-refractivity contribution in [2.45, 2.75) is 13.8 Å². The minimum atomic E-state index is -1.05. The maximum Gasteiger partial charge on any atom is 0.357 e.